The van der Waals surface area contributed by atoms with Crippen LogP contribution in [-0.2, 0) is 0 Å². The maximum atomic E-state index is 11.1. The van der Waals surface area contributed by atoms with Gasteiger partial charge in [0, 0.05) is 5.56 Å². The van der Waals surface area contributed by atoms with E-state index in [1.165, 1.54) is 0 Å². The van der Waals surface area contributed by atoms with E-state index in [1.54, 1.807) is 6.07 Å². The van der Waals surface area contributed by atoms with E-state index >= 15 is 0 Å². The number of carbonyl (C=O) groups is 1. The molecule has 2 heteroatoms. The normalized spacial score (nSPS) is 12.1. The molecule has 0 aliphatic carbocycles. The number of primary amides is 1. The highest BCUT2D eigenvalue weighted by Gasteiger charge is 2.11. The fraction of sp³-hybridized carbons (Fsp3) is 0.250. The van der Waals surface area contributed by atoms with E-state index in [0.717, 1.165) is 12.0 Å². The molecule has 1 unspecified atom stereocenters. The molecule has 2 nitrogen and oxygen atoms in total. The molecule has 0 spiro atoms. The number of nitrogens with two attached hydrogens (primary N) is 1. The van der Waals surface area contributed by atoms with Gasteiger partial charge in [0.15, 0.2) is 0 Å². The second kappa shape index (κ2) is 4.61. The largest absolute Gasteiger partial charge is 0.366 e. The monoisotopic (exact) mass is 189 g/mol. The number of benzene rings is 1. The molecule has 0 aromatic heterocycles. The Balaban J connectivity index is 3.06. The average molecular weight is 189 g/mol. The molecule has 1 atom stereocenters. The van der Waals surface area contributed by atoms with Gasteiger partial charge in [-0.25, -0.2) is 0 Å². The summed E-state index contributed by atoms with van der Waals surface area (Å²) >= 11 is 0. The fourth-order valence-corrected chi connectivity index (χ4v) is 1.53. The molecular formula is C12H15NO. The molecular weight excluding hydrogens is 174 g/mol. The summed E-state index contributed by atoms with van der Waals surface area (Å²) in [7, 11) is 0. The molecule has 0 bridgehead atoms. The number of allylic oxidation sites excluding steroid dienone is 1. The lowest BCUT2D eigenvalue weighted by molar-refractivity contribution is 0.0999. The Morgan fingerprint density at radius 2 is 2.21 bits per heavy atom. The number of carbonyl (C=O) groups excluding carboxylic acids is 1. The van der Waals surface area contributed by atoms with E-state index in [1.807, 2.05) is 24.3 Å². The second-order valence-corrected chi connectivity index (χ2v) is 3.38. The summed E-state index contributed by atoms with van der Waals surface area (Å²) in [4.78, 5) is 11.1. The maximum Gasteiger partial charge on any atom is 0.248 e. The van der Waals surface area contributed by atoms with Crippen molar-refractivity contribution in [2.75, 3.05) is 0 Å². The van der Waals surface area contributed by atoms with Gasteiger partial charge in [0.05, 0.1) is 0 Å². The molecule has 2 N–H and O–H groups in total. The van der Waals surface area contributed by atoms with Gasteiger partial charge >= 0.3 is 0 Å². The van der Waals surface area contributed by atoms with E-state index in [9.17, 15) is 4.79 Å². The molecule has 0 radical (unpaired) electrons. The molecule has 1 aromatic rings. The molecule has 0 saturated heterocycles. The van der Waals surface area contributed by atoms with Crippen LogP contribution in [-0.4, -0.2) is 5.91 Å². The topological polar surface area (TPSA) is 43.1 Å². The second-order valence-electron chi connectivity index (χ2n) is 3.38. The van der Waals surface area contributed by atoms with Gasteiger partial charge in [-0.1, -0.05) is 31.2 Å². The highest BCUT2D eigenvalue weighted by atomic mass is 16.1. The Labute approximate surface area is 84.4 Å². The van der Waals surface area contributed by atoms with E-state index in [0.29, 0.717) is 5.56 Å². The fourth-order valence-electron chi connectivity index (χ4n) is 1.53. The summed E-state index contributed by atoms with van der Waals surface area (Å²) in [6.45, 7) is 5.74. The van der Waals surface area contributed by atoms with Crippen LogP contribution in [0.5, 0.6) is 0 Å². The molecule has 0 fully saturated rings. The lowest BCUT2D eigenvalue weighted by atomic mass is 9.93. The van der Waals surface area contributed by atoms with Crippen LogP contribution in [0, 0.1) is 0 Å². The van der Waals surface area contributed by atoms with Crippen molar-refractivity contribution in [2.24, 2.45) is 5.73 Å². The highest BCUT2D eigenvalue weighted by Crippen LogP contribution is 2.22. The number of rotatable bonds is 4. The highest BCUT2D eigenvalue weighted by molar-refractivity contribution is 5.94. The molecule has 0 saturated carbocycles. The van der Waals surface area contributed by atoms with Crippen LogP contribution in [0.25, 0.3) is 0 Å². The van der Waals surface area contributed by atoms with Gasteiger partial charge in [-0.15, -0.1) is 6.58 Å². The third-order valence-corrected chi connectivity index (χ3v) is 2.28. The lowest BCUT2D eigenvalue weighted by Crippen LogP contribution is -2.14. The van der Waals surface area contributed by atoms with Crippen LogP contribution in [0.3, 0.4) is 0 Å². The van der Waals surface area contributed by atoms with Crippen molar-refractivity contribution in [1.29, 1.82) is 0 Å². The molecule has 0 heterocycles. The summed E-state index contributed by atoms with van der Waals surface area (Å²) < 4.78 is 0. The van der Waals surface area contributed by atoms with Crippen molar-refractivity contribution >= 4 is 5.91 Å². The predicted molar refractivity (Wildman–Crippen MR) is 58.2 cm³/mol. The van der Waals surface area contributed by atoms with Crippen LogP contribution in [0.15, 0.2) is 36.9 Å². The van der Waals surface area contributed by atoms with Crippen LogP contribution in [0.1, 0.15) is 35.2 Å². The first-order valence-electron chi connectivity index (χ1n) is 4.66. The molecule has 14 heavy (non-hydrogen) atoms. The van der Waals surface area contributed by atoms with Crippen molar-refractivity contribution < 1.29 is 4.79 Å². The lowest BCUT2D eigenvalue weighted by Gasteiger charge is -2.12. The third kappa shape index (κ3) is 2.22. The van der Waals surface area contributed by atoms with E-state index < -0.39 is 0 Å². The minimum atomic E-state index is -0.364. The van der Waals surface area contributed by atoms with Crippen molar-refractivity contribution in [1.82, 2.24) is 0 Å². The maximum absolute atomic E-state index is 11.1. The standard InChI is InChI=1S/C12H15NO/c1-3-6-9(2)10-7-4-5-8-11(10)12(13)14/h3-5,7-9H,1,6H2,2H3,(H2,13,14). The summed E-state index contributed by atoms with van der Waals surface area (Å²) in [5.74, 6) is -0.0762. The Kier molecular flexibility index (Phi) is 3.46. The van der Waals surface area contributed by atoms with Gasteiger partial charge in [0.25, 0.3) is 0 Å². The van der Waals surface area contributed by atoms with Gasteiger partial charge in [0.2, 0.25) is 5.91 Å². The van der Waals surface area contributed by atoms with Crippen LogP contribution >= 0.6 is 0 Å². The Hall–Kier alpha value is -1.57. The summed E-state index contributed by atoms with van der Waals surface area (Å²) in [6.07, 6.45) is 2.70. The third-order valence-electron chi connectivity index (χ3n) is 2.28. The average Bonchev–Trinajstić information content (AvgIpc) is 2.18. The Morgan fingerprint density at radius 3 is 2.79 bits per heavy atom. The minimum absolute atomic E-state index is 0.288. The zero-order valence-corrected chi connectivity index (χ0v) is 8.36. The first-order valence-corrected chi connectivity index (χ1v) is 4.66. The van der Waals surface area contributed by atoms with Crippen LogP contribution in [0.4, 0.5) is 0 Å². The van der Waals surface area contributed by atoms with Crippen molar-refractivity contribution in [3.8, 4) is 0 Å². The number of hydrogen-bond donors (Lipinski definition) is 1. The zero-order valence-electron chi connectivity index (χ0n) is 8.36. The number of hydrogen-bond acceptors (Lipinski definition) is 1. The van der Waals surface area contributed by atoms with Crippen molar-refractivity contribution in [2.45, 2.75) is 19.3 Å². The van der Waals surface area contributed by atoms with Gasteiger partial charge in [0.1, 0.15) is 0 Å². The first-order chi connectivity index (χ1) is 6.66. The zero-order chi connectivity index (χ0) is 10.6. The number of amides is 1. The van der Waals surface area contributed by atoms with Gasteiger partial charge in [-0.2, -0.15) is 0 Å². The minimum Gasteiger partial charge on any atom is -0.366 e. The summed E-state index contributed by atoms with van der Waals surface area (Å²) in [6, 6.07) is 7.44. The van der Waals surface area contributed by atoms with E-state index in [-0.39, 0.29) is 11.8 Å². The van der Waals surface area contributed by atoms with Crippen LogP contribution in [0.2, 0.25) is 0 Å². The van der Waals surface area contributed by atoms with Crippen molar-refractivity contribution in [3.05, 3.63) is 48.0 Å². The predicted octanol–water partition coefficient (Wildman–Crippen LogP) is 2.47. The first kappa shape index (κ1) is 10.5. The molecule has 1 rings (SSSR count). The van der Waals surface area contributed by atoms with Gasteiger partial charge < -0.3 is 5.73 Å². The summed E-state index contributed by atoms with van der Waals surface area (Å²) in [5, 5.41) is 0. The Morgan fingerprint density at radius 1 is 1.57 bits per heavy atom. The summed E-state index contributed by atoms with van der Waals surface area (Å²) in [5.41, 5.74) is 6.90. The Bertz CT molecular complexity index is 344. The molecule has 74 valence electrons. The van der Waals surface area contributed by atoms with Crippen LogP contribution < -0.4 is 5.73 Å². The SMILES string of the molecule is C=CCC(C)c1ccccc1C(N)=O. The quantitative estimate of drug-likeness (QED) is 0.726. The van der Waals surface area contributed by atoms with Gasteiger partial charge in [-0.05, 0) is 24.0 Å². The smallest absolute Gasteiger partial charge is 0.248 e. The van der Waals surface area contributed by atoms with Crippen molar-refractivity contribution in [3.63, 3.8) is 0 Å². The molecule has 1 aromatic carbocycles. The van der Waals surface area contributed by atoms with E-state index in [2.05, 4.69) is 13.5 Å². The molecule has 0 aliphatic heterocycles. The molecule has 1 amide bonds. The molecule has 0 aliphatic rings. The van der Waals surface area contributed by atoms with E-state index in [4.69, 9.17) is 5.73 Å². The van der Waals surface area contributed by atoms with Gasteiger partial charge in [-0.3, -0.25) is 4.79 Å².